The van der Waals surface area contributed by atoms with Crippen LogP contribution in [0.15, 0.2) is 66.7 Å². The Hall–Kier alpha value is -6.30. The number of anilines is 1. The summed E-state index contributed by atoms with van der Waals surface area (Å²) in [6.07, 6.45) is 3.43. The van der Waals surface area contributed by atoms with Crippen molar-refractivity contribution in [2.24, 2.45) is 5.41 Å². The fraction of sp³-hybridized carbons (Fsp3) is 0.500. The van der Waals surface area contributed by atoms with Crippen LogP contribution in [0.4, 0.5) is 10.5 Å². The number of benzene rings is 3. The van der Waals surface area contributed by atoms with Crippen molar-refractivity contribution < 1.29 is 57.6 Å². The first-order valence-corrected chi connectivity index (χ1v) is 23.7. The highest BCUT2D eigenvalue weighted by molar-refractivity contribution is 7.81. The lowest BCUT2D eigenvalue weighted by Crippen LogP contribution is -2.53. The van der Waals surface area contributed by atoms with Crippen molar-refractivity contribution in [3.63, 3.8) is 0 Å². The number of ether oxygens (including phenoxy) is 4. The first-order chi connectivity index (χ1) is 32.5. The number of esters is 1. The molecule has 18 heteroatoms. The van der Waals surface area contributed by atoms with Gasteiger partial charge in [0.25, 0.3) is 17.7 Å². The molecular weight excluding hydrogens is 895 g/mol. The number of likely N-dealkylation sites (tertiary alicyclic amines) is 2. The first kappa shape index (κ1) is 52.7. The number of carbonyl (C=O) groups is 7. The van der Waals surface area contributed by atoms with Gasteiger partial charge in [-0.3, -0.25) is 28.9 Å². The van der Waals surface area contributed by atoms with Crippen LogP contribution in [0.5, 0.6) is 17.2 Å². The van der Waals surface area contributed by atoms with Crippen molar-refractivity contribution in [1.29, 1.82) is 0 Å². The number of hydrogen-bond acceptors (Lipinski definition) is 12. The van der Waals surface area contributed by atoms with E-state index >= 15 is 0 Å². The third kappa shape index (κ3) is 14.6. The smallest absolute Gasteiger partial charge is 0.408 e. The molecule has 2 aliphatic rings. The zero-order valence-electron chi connectivity index (χ0n) is 39.5. The van der Waals surface area contributed by atoms with Gasteiger partial charge in [-0.05, 0) is 118 Å². The van der Waals surface area contributed by atoms with E-state index in [9.17, 15) is 38.7 Å². The van der Waals surface area contributed by atoms with Gasteiger partial charge in [-0.2, -0.15) is 12.6 Å². The summed E-state index contributed by atoms with van der Waals surface area (Å²) in [6, 6.07) is 17.2. The molecule has 2 aliphatic heterocycles. The fourth-order valence-electron chi connectivity index (χ4n) is 8.05. The van der Waals surface area contributed by atoms with Crippen molar-refractivity contribution in [2.45, 2.75) is 108 Å². The van der Waals surface area contributed by atoms with Crippen molar-refractivity contribution in [3.05, 3.63) is 83.4 Å². The molecule has 2 fully saturated rings. The van der Waals surface area contributed by atoms with Crippen LogP contribution in [0, 0.1) is 5.41 Å². The topological polar surface area (TPSA) is 219 Å². The molecule has 5 amide bonds. The van der Waals surface area contributed by atoms with E-state index in [1.54, 1.807) is 70.5 Å². The highest BCUT2D eigenvalue weighted by Crippen LogP contribution is 2.33. The van der Waals surface area contributed by atoms with Crippen molar-refractivity contribution in [3.8, 4) is 17.2 Å². The number of ketones is 1. The van der Waals surface area contributed by atoms with Gasteiger partial charge in [-0.25, -0.2) is 9.59 Å². The molecule has 2 saturated heterocycles. The minimum atomic E-state index is -1.19. The Kier molecular flexibility index (Phi) is 19.5. The molecule has 17 nitrogen and oxygen atoms in total. The maximum atomic E-state index is 14.0. The second kappa shape index (κ2) is 25.2. The summed E-state index contributed by atoms with van der Waals surface area (Å²) in [7, 11) is 3.11. The van der Waals surface area contributed by atoms with E-state index in [4.69, 9.17) is 18.9 Å². The molecule has 0 radical (unpaired) electrons. The van der Waals surface area contributed by atoms with E-state index in [1.807, 2.05) is 25.1 Å². The van der Waals surface area contributed by atoms with Crippen LogP contribution in [0.3, 0.4) is 0 Å². The highest BCUT2D eigenvalue weighted by Gasteiger charge is 2.41. The molecule has 5 rings (SSSR count). The second-order valence-electron chi connectivity index (χ2n) is 17.7. The van der Waals surface area contributed by atoms with E-state index < -0.39 is 53.3 Å². The number of nitrogens with zero attached hydrogens (tertiary/aromatic N) is 2. The van der Waals surface area contributed by atoms with Gasteiger partial charge in [-0.15, -0.1) is 0 Å². The quantitative estimate of drug-likeness (QED) is 0.0302. The summed E-state index contributed by atoms with van der Waals surface area (Å²) < 4.78 is 23.0. The van der Waals surface area contributed by atoms with E-state index in [0.717, 1.165) is 16.9 Å². The van der Waals surface area contributed by atoms with Gasteiger partial charge in [0, 0.05) is 48.1 Å². The second-order valence-corrected chi connectivity index (χ2v) is 18.4. The largest absolute Gasteiger partial charge is 0.493 e. The summed E-state index contributed by atoms with van der Waals surface area (Å²) in [6.45, 7) is 6.27. The Bertz CT molecular complexity index is 2270. The molecule has 0 aromatic heterocycles. The maximum absolute atomic E-state index is 14.0. The number of carbonyl (C=O) groups excluding carboxylic acids is 6. The predicted octanol–water partition coefficient (Wildman–Crippen LogP) is 6.39. The zero-order chi connectivity index (χ0) is 49.4. The Morgan fingerprint density at radius 1 is 0.853 bits per heavy atom. The van der Waals surface area contributed by atoms with E-state index in [0.29, 0.717) is 98.5 Å². The van der Waals surface area contributed by atoms with Gasteiger partial charge >= 0.3 is 12.1 Å². The van der Waals surface area contributed by atoms with Crippen molar-refractivity contribution >= 4 is 59.8 Å². The van der Waals surface area contributed by atoms with Crippen LogP contribution in [-0.4, -0.2) is 121 Å². The maximum Gasteiger partial charge on any atom is 0.408 e. The molecule has 4 N–H and O–H groups in total. The number of methoxy groups -OCH3 is 2. The SMILES string of the molecule is CCC(C)(C)C(=O)C(=O)N1CCCC[C@H]1C(=O)O[C@H](CCc1ccc(OC)c(OC)c1)c1cccc(OCC(=O)NCCCCCNC(=O)c2cccc(NC(=O)[C@@H]3C[C@H](S)CN3C(=O)O)c2)c1. The molecule has 0 bridgehead atoms. The molecule has 0 aliphatic carbocycles. The van der Waals surface area contributed by atoms with Gasteiger partial charge in [-0.1, -0.05) is 45.0 Å². The summed E-state index contributed by atoms with van der Waals surface area (Å²) in [5.74, 6) is -1.41. The monoisotopic (exact) mass is 959 g/mol. The molecule has 3 aromatic carbocycles. The van der Waals surface area contributed by atoms with Gasteiger partial charge in [0.2, 0.25) is 11.7 Å². The number of Topliss-reactive ketones (excluding diaryl/α,β-unsaturated/α-hetero) is 1. The van der Waals surface area contributed by atoms with Crippen LogP contribution in [0.25, 0.3) is 0 Å². The number of piperidine rings is 1. The normalized spacial score (nSPS) is 17.4. The van der Waals surface area contributed by atoms with Crippen LogP contribution >= 0.6 is 12.6 Å². The van der Waals surface area contributed by atoms with E-state index in [2.05, 4.69) is 28.6 Å². The summed E-state index contributed by atoms with van der Waals surface area (Å²) in [5.41, 5.74) is 1.38. The first-order valence-electron chi connectivity index (χ1n) is 23.2. The van der Waals surface area contributed by atoms with Crippen molar-refractivity contribution in [1.82, 2.24) is 20.4 Å². The lowest BCUT2D eigenvalue weighted by molar-refractivity contribution is -0.164. The van der Waals surface area contributed by atoms with Crippen molar-refractivity contribution in [2.75, 3.05) is 52.3 Å². The third-order valence-corrected chi connectivity index (χ3v) is 12.8. The van der Waals surface area contributed by atoms with Crippen LogP contribution in [0.1, 0.15) is 106 Å². The average molecular weight is 960 g/mol. The number of rotatable bonds is 23. The number of nitrogens with one attached hydrogen (secondary N) is 3. The van der Waals surface area contributed by atoms with E-state index in [-0.39, 0.29) is 43.2 Å². The Morgan fingerprint density at radius 3 is 2.31 bits per heavy atom. The summed E-state index contributed by atoms with van der Waals surface area (Å²) in [4.78, 5) is 93.2. The minimum absolute atomic E-state index is 0.155. The molecule has 0 unspecified atom stereocenters. The fourth-order valence-corrected chi connectivity index (χ4v) is 8.42. The Balaban J connectivity index is 1.10. The Labute approximate surface area is 403 Å². The number of carboxylic acid groups (broad SMARTS) is 1. The molecule has 0 saturated carbocycles. The minimum Gasteiger partial charge on any atom is -0.493 e. The average Bonchev–Trinajstić information content (AvgIpc) is 3.75. The lowest BCUT2D eigenvalue weighted by Gasteiger charge is -2.36. The lowest BCUT2D eigenvalue weighted by atomic mass is 9.84. The van der Waals surface area contributed by atoms with Crippen LogP contribution in [0.2, 0.25) is 0 Å². The number of thiol groups is 1. The molecular formula is C50H65N5O12S. The molecule has 68 heavy (non-hydrogen) atoms. The van der Waals surface area contributed by atoms with Gasteiger partial charge in [0.1, 0.15) is 23.9 Å². The highest BCUT2D eigenvalue weighted by atomic mass is 32.1. The number of aryl methyl sites for hydroxylation is 1. The molecule has 0 spiro atoms. The molecule has 3 aromatic rings. The number of amides is 5. The molecule has 4 atom stereocenters. The van der Waals surface area contributed by atoms with Gasteiger partial charge < -0.3 is 44.9 Å². The van der Waals surface area contributed by atoms with Crippen LogP contribution < -0.4 is 30.2 Å². The molecule has 368 valence electrons. The molecule has 2 heterocycles. The predicted molar refractivity (Wildman–Crippen MR) is 257 cm³/mol. The summed E-state index contributed by atoms with van der Waals surface area (Å²) >= 11 is 4.33. The van der Waals surface area contributed by atoms with Gasteiger partial charge in [0.15, 0.2) is 18.1 Å². The van der Waals surface area contributed by atoms with Gasteiger partial charge in [0.05, 0.1) is 14.2 Å². The Morgan fingerprint density at radius 2 is 1.59 bits per heavy atom. The third-order valence-electron chi connectivity index (χ3n) is 12.4. The number of unbranched alkanes of at least 4 members (excludes halogenated alkanes) is 2. The zero-order valence-corrected chi connectivity index (χ0v) is 40.4. The number of hydrogen-bond donors (Lipinski definition) is 5. The van der Waals surface area contributed by atoms with E-state index in [1.165, 1.54) is 11.0 Å². The van der Waals surface area contributed by atoms with Crippen LogP contribution in [-0.2, 0) is 35.1 Å². The summed E-state index contributed by atoms with van der Waals surface area (Å²) in [5, 5.41) is 17.6. The standard InChI is InChI=1S/C50H65N5O12S/c1-6-50(2,3)44(57)47(60)54-25-11-8-18-38(54)48(61)67-40(21-19-32-20-22-41(64-4)42(26-32)65-5)33-14-13-17-36(28-33)66-31-43(56)51-23-9-7-10-24-52-45(58)34-15-12-16-35(27-34)53-46(59)39-29-37(68)30-55(39)49(62)63/h12-17,20,22,26-28,37-40,68H,6-11,18-19,21,23-25,29-31H2,1-5H3,(H,51,56)(H,52,58)(H,53,59)(H,62,63)/t37-,38-,39-,40+/m0/s1.